The number of ether oxygens (including phenoxy) is 1. The summed E-state index contributed by atoms with van der Waals surface area (Å²) in [4.78, 5) is 19.6. The number of nitrogens with zero attached hydrogens (tertiary/aromatic N) is 3. The lowest BCUT2D eigenvalue weighted by Crippen LogP contribution is -2.36. The summed E-state index contributed by atoms with van der Waals surface area (Å²) in [7, 11) is 0. The lowest BCUT2D eigenvalue weighted by Gasteiger charge is -2.28. The summed E-state index contributed by atoms with van der Waals surface area (Å²) >= 11 is 0. The van der Waals surface area contributed by atoms with E-state index in [4.69, 9.17) is 4.74 Å². The molecule has 1 saturated carbocycles. The average molecular weight is 406 g/mol. The molecule has 7 heteroatoms. The largest absolute Gasteiger partial charge is 0.378 e. The Bertz CT molecular complexity index is 1040. The van der Waals surface area contributed by atoms with Gasteiger partial charge >= 0.3 is 0 Å². The van der Waals surface area contributed by atoms with Crippen LogP contribution < -0.4 is 10.2 Å². The molecule has 1 saturated heterocycles. The minimum Gasteiger partial charge on any atom is -0.378 e. The number of rotatable bonds is 4. The van der Waals surface area contributed by atoms with Gasteiger partial charge in [0.15, 0.2) is 5.69 Å². The van der Waals surface area contributed by atoms with E-state index in [2.05, 4.69) is 31.5 Å². The van der Waals surface area contributed by atoms with Crippen molar-refractivity contribution in [2.24, 2.45) is 0 Å². The third-order valence-corrected chi connectivity index (χ3v) is 6.15. The maximum atomic E-state index is 12.9. The van der Waals surface area contributed by atoms with Crippen LogP contribution in [-0.2, 0) is 4.74 Å². The Labute approximate surface area is 175 Å². The monoisotopic (exact) mass is 405 g/mol. The molecule has 30 heavy (non-hydrogen) atoms. The molecule has 0 bridgehead atoms. The summed E-state index contributed by atoms with van der Waals surface area (Å²) in [6.45, 7) is 3.23. The third-order valence-electron chi connectivity index (χ3n) is 6.15. The Balaban J connectivity index is 1.42. The first-order valence-electron chi connectivity index (χ1n) is 10.8. The molecule has 0 radical (unpaired) electrons. The number of hydrogen-bond acceptors (Lipinski definition) is 5. The van der Waals surface area contributed by atoms with Crippen LogP contribution in [-0.4, -0.2) is 53.4 Å². The highest BCUT2D eigenvalue weighted by Gasteiger charge is 2.20. The van der Waals surface area contributed by atoms with Crippen LogP contribution in [0.25, 0.3) is 22.0 Å². The Morgan fingerprint density at radius 1 is 1.07 bits per heavy atom. The maximum absolute atomic E-state index is 12.9. The number of H-pyrrole nitrogens is 1. The van der Waals surface area contributed by atoms with Gasteiger partial charge < -0.3 is 15.0 Å². The molecule has 2 aliphatic rings. The van der Waals surface area contributed by atoms with E-state index < -0.39 is 0 Å². The number of aromatic amines is 1. The Morgan fingerprint density at radius 2 is 1.90 bits per heavy atom. The van der Waals surface area contributed by atoms with Crippen LogP contribution in [0.3, 0.4) is 0 Å². The lowest BCUT2D eigenvalue weighted by atomic mass is 9.95. The zero-order chi connectivity index (χ0) is 20.3. The van der Waals surface area contributed by atoms with Crippen molar-refractivity contribution in [2.45, 2.75) is 38.1 Å². The smallest absolute Gasteiger partial charge is 0.272 e. The first-order chi connectivity index (χ1) is 14.8. The maximum Gasteiger partial charge on any atom is 0.272 e. The predicted molar refractivity (Wildman–Crippen MR) is 117 cm³/mol. The van der Waals surface area contributed by atoms with E-state index in [0.717, 1.165) is 66.9 Å². The first kappa shape index (κ1) is 19.1. The van der Waals surface area contributed by atoms with E-state index in [0.29, 0.717) is 5.69 Å². The molecule has 1 aliphatic carbocycles. The summed E-state index contributed by atoms with van der Waals surface area (Å²) in [6, 6.07) is 8.48. The minimum atomic E-state index is -0.0921. The Morgan fingerprint density at radius 3 is 2.73 bits per heavy atom. The number of morpholine rings is 1. The second-order valence-corrected chi connectivity index (χ2v) is 8.17. The Kier molecular flexibility index (Phi) is 5.36. The molecule has 1 amide bonds. The van der Waals surface area contributed by atoms with Crippen LogP contribution >= 0.6 is 0 Å². The molecule has 1 aliphatic heterocycles. The molecule has 7 nitrogen and oxygen atoms in total. The molecule has 3 aromatic rings. The molecule has 5 rings (SSSR count). The van der Waals surface area contributed by atoms with Gasteiger partial charge in [-0.2, -0.15) is 5.10 Å². The fourth-order valence-electron chi connectivity index (χ4n) is 4.45. The molecule has 2 fully saturated rings. The van der Waals surface area contributed by atoms with E-state index in [-0.39, 0.29) is 11.9 Å². The second-order valence-electron chi connectivity index (χ2n) is 8.17. The van der Waals surface area contributed by atoms with Crippen LogP contribution in [0.15, 0.2) is 36.7 Å². The van der Waals surface area contributed by atoms with E-state index in [1.54, 1.807) is 0 Å². The first-order valence-corrected chi connectivity index (χ1v) is 10.8. The van der Waals surface area contributed by atoms with E-state index in [1.165, 1.54) is 19.3 Å². The summed E-state index contributed by atoms with van der Waals surface area (Å²) < 4.78 is 5.45. The van der Waals surface area contributed by atoms with Gasteiger partial charge in [0.2, 0.25) is 0 Å². The normalized spacial score (nSPS) is 17.9. The molecular weight excluding hydrogens is 378 g/mol. The number of aromatic nitrogens is 3. The van der Waals surface area contributed by atoms with Gasteiger partial charge in [-0.1, -0.05) is 25.3 Å². The van der Waals surface area contributed by atoms with Crippen molar-refractivity contribution in [3.63, 3.8) is 0 Å². The SMILES string of the molecule is O=C(NC1CCCCC1)c1n[nH]c2ccc(-c3cncc(N4CCOCC4)c3)cc12. The summed E-state index contributed by atoms with van der Waals surface area (Å²) in [5.74, 6) is -0.0921. The third kappa shape index (κ3) is 3.89. The van der Waals surface area contributed by atoms with Crippen LogP contribution in [0.2, 0.25) is 0 Å². The zero-order valence-corrected chi connectivity index (χ0v) is 17.1. The molecule has 2 aromatic heterocycles. The van der Waals surface area contributed by atoms with Crippen molar-refractivity contribution < 1.29 is 9.53 Å². The highest BCUT2D eigenvalue weighted by molar-refractivity contribution is 6.05. The van der Waals surface area contributed by atoms with Gasteiger partial charge in [0.25, 0.3) is 5.91 Å². The van der Waals surface area contributed by atoms with E-state index in [1.807, 2.05) is 30.6 Å². The average Bonchev–Trinajstić information content (AvgIpc) is 3.24. The van der Waals surface area contributed by atoms with Gasteiger partial charge in [-0.05, 0) is 36.6 Å². The fraction of sp³-hybridized carbons (Fsp3) is 0.435. The summed E-state index contributed by atoms with van der Waals surface area (Å²) in [5, 5.41) is 11.3. The molecule has 0 atom stereocenters. The number of amides is 1. The standard InChI is InChI=1S/C23H27N5O2/c29-23(25-18-4-2-1-3-5-18)22-20-13-16(6-7-21(20)26-27-22)17-12-19(15-24-14-17)28-8-10-30-11-9-28/h6-7,12-15,18H,1-5,8-11H2,(H,25,29)(H,26,27). The number of carbonyl (C=O) groups excluding carboxylic acids is 1. The van der Waals surface area contributed by atoms with Gasteiger partial charge in [0, 0.05) is 36.3 Å². The quantitative estimate of drug-likeness (QED) is 0.694. The van der Waals surface area contributed by atoms with Crippen molar-refractivity contribution in [3.8, 4) is 11.1 Å². The van der Waals surface area contributed by atoms with Crippen LogP contribution in [0.1, 0.15) is 42.6 Å². The van der Waals surface area contributed by atoms with Gasteiger partial charge in [0.1, 0.15) is 0 Å². The molecule has 2 N–H and O–H groups in total. The zero-order valence-electron chi connectivity index (χ0n) is 17.1. The highest BCUT2D eigenvalue weighted by atomic mass is 16.5. The number of pyridine rings is 1. The van der Waals surface area contributed by atoms with Crippen LogP contribution in [0.4, 0.5) is 5.69 Å². The van der Waals surface area contributed by atoms with Gasteiger partial charge in [0.05, 0.1) is 30.6 Å². The minimum absolute atomic E-state index is 0.0921. The predicted octanol–water partition coefficient (Wildman–Crippen LogP) is 3.52. The molecule has 3 heterocycles. The fourth-order valence-corrected chi connectivity index (χ4v) is 4.45. The van der Waals surface area contributed by atoms with Crippen molar-refractivity contribution in [3.05, 3.63) is 42.4 Å². The lowest BCUT2D eigenvalue weighted by molar-refractivity contribution is 0.0924. The van der Waals surface area contributed by atoms with Crippen molar-refractivity contribution in [1.82, 2.24) is 20.5 Å². The van der Waals surface area contributed by atoms with Gasteiger partial charge in [-0.25, -0.2) is 0 Å². The highest BCUT2D eigenvalue weighted by Crippen LogP contribution is 2.28. The number of hydrogen-bond donors (Lipinski definition) is 2. The van der Waals surface area contributed by atoms with Crippen LogP contribution in [0, 0.1) is 0 Å². The number of carbonyl (C=O) groups is 1. The Hall–Kier alpha value is -2.93. The molecule has 1 aromatic carbocycles. The van der Waals surface area contributed by atoms with Crippen LogP contribution in [0.5, 0.6) is 0 Å². The van der Waals surface area contributed by atoms with Gasteiger partial charge in [-0.15, -0.1) is 0 Å². The molecule has 156 valence electrons. The van der Waals surface area contributed by atoms with E-state index in [9.17, 15) is 4.79 Å². The van der Waals surface area contributed by atoms with Crippen molar-refractivity contribution >= 4 is 22.5 Å². The summed E-state index contributed by atoms with van der Waals surface area (Å²) in [6.07, 6.45) is 9.50. The second kappa shape index (κ2) is 8.44. The number of anilines is 1. The molecule has 0 unspecified atom stereocenters. The number of benzene rings is 1. The molecule has 0 spiro atoms. The van der Waals surface area contributed by atoms with Crippen molar-refractivity contribution in [1.29, 1.82) is 0 Å². The van der Waals surface area contributed by atoms with Gasteiger partial charge in [-0.3, -0.25) is 14.9 Å². The van der Waals surface area contributed by atoms with Crippen molar-refractivity contribution in [2.75, 3.05) is 31.2 Å². The summed E-state index contributed by atoms with van der Waals surface area (Å²) in [5.41, 5.74) is 4.48. The number of nitrogens with one attached hydrogen (secondary N) is 2. The topological polar surface area (TPSA) is 83.1 Å². The van der Waals surface area contributed by atoms with E-state index >= 15 is 0 Å². The molecular formula is C23H27N5O2. The number of fused-ring (bicyclic) bond motifs is 1.